The van der Waals surface area contributed by atoms with Crippen molar-refractivity contribution in [1.82, 2.24) is 4.72 Å². The van der Waals surface area contributed by atoms with Gasteiger partial charge in [-0.15, -0.1) is 0 Å². The molecule has 0 amide bonds. The number of sulfonamides is 1. The van der Waals surface area contributed by atoms with E-state index in [9.17, 15) is 8.42 Å². The van der Waals surface area contributed by atoms with Crippen LogP contribution in [0.15, 0.2) is 47.4 Å². The predicted octanol–water partition coefficient (Wildman–Crippen LogP) is 2.97. The van der Waals surface area contributed by atoms with Crippen LogP contribution in [-0.4, -0.2) is 15.0 Å². The Morgan fingerprint density at radius 1 is 1.20 bits per heavy atom. The lowest BCUT2D eigenvalue weighted by Gasteiger charge is -2.07. The monoisotopic (exact) mass is 308 g/mol. The fourth-order valence-corrected chi connectivity index (χ4v) is 2.98. The molecule has 0 aliphatic heterocycles. The van der Waals surface area contributed by atoms with Gasteiger partial charge in [-0.05, 0) is 49.2 Å². The molecule has 20 heavy (non-hydrogen) atoms. The number of hydrogen-bond acceptors (Lipinski definition) is 2. The van der Waals surface area contributed by atoms with Gasteiger partial charge in [-0.2, -0.15) is 0 Å². The van der Waals surface area contributed by atoms with Crippen LogP contribution in [-0.2, 0) is 16.4 Å². The summed E-state index contributed by atoms with van der Waals surface area (Å²) >= 11 is 5.87. The summed E-state index contributed by atoms with van der Waals surface area (Å²) in [5.41, 5.74) is 1.90. The van der Waals surface area contributed by atoms with Gasteiger partial charge in [-0.1, -0.05) is 35.4 Å². The van der Waals surface area contributed by atoms with E-state index in [1.54, 1.807) is 42.5 Å². The largest absolute Gasteiger partial charge is 0.240 e. The van der Waals surface area contributed by atoms with Crippen LogP contribution in [0.25, 0.3) is 0 Å². The highest BCUT2D eigenvalue weighted by Crippen LogP contribution is 2.12. The predicted molar refractivity (Wildman–Crippen MR) is 80.4 cm³/mol. The molecular formula is C15H15ClNO2S. The minimum Gasteiger partial charge on any atom is -0.211 e. The van der Waals surface area contributed by atoms with E-state index in [0.717, 1.165) is 11.1 Å². The minimum absolute atomic E-state index is 0.276. The van der Waals surface area contributed by atoms with E-state index in [0.29, 0.717) is 18.0 Å². The summed E-state index contributed by atoms with van der Waals surface area (Å²) in [7, 11) is -3.45. The number of nitrogens with one attached hydrogen (secondary N) is 1. The molecule has 0 aliphatic rings. The van der Waals surface area contributed by atoms with Gasteiger partial charge in [0.15, 0.2) is 0 Å². The Hall–Kier alpha value is -1.36. The maximum atomic E-state index is 12.1. The maximum absolute atomic E-state index is 12.1. The standard InChI is InChI=1S/C15H15ClNO2S/c1-12-5-7-15(8-6-12)20(18,19)17-10-9-13-3-2-4-14(16)11-13/h2,4-8,11,17H,9-10H2,1H3. The molecule has 2 aromatic carbocycles. The first-order chi connectivity index (χ1) is 9.47. The second-order valence-electron chi connectivity index (χ2n) is 4.49. The Morgan fingerprint density at radius 3 is 2.55 bits per heavy atom. The molecule has 0 fully saturated rings. The van der Waals surface area contributed by atoms with E-state index in [1.165, 1.54) is 0 Å². The van der Waals surface area contributed by atoms with Crippen molar-refractivity contribution in [1.29, 1.82) is 0 Å². The van der Waals surface area contributed by atoms with Gasteiger partial charge in [0.25, 0.3) is 0 Å². The lowest BCUT2D eigenvalue weighted by Crippen LogP contribution is -2.26. The molecular weight excluding hydrogens is 294 g/mol. The molecule has 0 bridgehead atoms. The molecule has 0 saturated carbocycles. The Morgan fingerprint density at radius 2 is 1.90 bits per heavy atom. The molecule has 3 nitrogen and oxygen atoms in total. The zero-order chi connectivity index (χ0) is 14.6. The third-order valence-corrected chi connectivity index (χ3v) is 4.55. The van der Waals surface area contributed by atoms with Crippen molar-refractivity contribution in [2.75, 3.05) is 6.54 Å². The van der Waals surface area contributed by atoms with Crippen molar-refractivity contribution >= 4 is 21.6 Å². The van der Waals surface area contributed by atoms with Crippen molar-refractivity contribution in [3.05, 3.63) is 64.7 Å². The molecule has 0 aliphatic carbocycles. The maximum Gasteiger partial charge on any atom is 0.240 e. The first-order valence-electron chi connectivity index (χ1n) is 6.20. The second kappa shape index (κ2) is 6.39. The van der Waals surface area contributed by atoms with Gasteiger partial charge >= 0.3 is 0 Å². The van der Waals surface area contributed by atoms with Crippen LogP contribution in [0.5, 0.6) is 0 Å². The van der Waals surface area contributed by atoms with E-state index in [-0.39, 0.29) is 4.90 Å². The third kappa shape index (κ3) is 4.07. The fraction of sp³-hybridized carbons (Fsp3) is 0.200. The minimum atomic E-state index is -3.45. The quantitative estimate of drug-likeness (QED) is 0.923. The highest BCUT2D eigenvalue weighted by Gasteiger charge is 2.12. The molecule has 0 aromatic heterocycles. The van der Waals surface area contributed by atoms with Crippen LogP contribution in [0.2, 0.25) is 5.02 Å². The van der Waals surface area contributed by atoms with E-state index in [1.807, 2.05) is 6.92 Å². The summed E-state index contributed by atoms with van der Waals surface area (Å²) in [4.78, 5) is 0.276. The molecule has 0 atom stereocenters. The van der Waals surface area contributed by atoms with Crippen LogP contribution in [0.3, 0.4) is 0 Å². The van der Waals surface area contributed by atoms with Crippen LogP contribution in [0, 0.1) is 13.0 Å². The summed E-state index contributed by atoms with van der Waals surface area (Å²) in [5.74, 6) is 0. The van der Waals surface area contributed by atoms with Gasteiger partial charge in [0.05, 0.1) is 4.90 Å². The average Bonchev–Trinajstić information content (AvgIpc) is 2.39. The Labute approximate surface area is 124 Å². The number of rotatable bonds is 5. The molecule has 2 rings (SSSR count). The van der Waals surface area contributed by atoms with Crippen LogP contribution < -0.4 is 4.72 Å². The second-order valence-corrected chi connectivity index (χ2v) is 6.70. The number of benzene rings is 2. The third-order valence-electron chi connectivity index (χ3n) is 2.84. The number of aryl methyl sites for hydroxylation is 1. The van der Waals surface area contributed by atoms with Crippen molar-refractivity contribution in [2.24, 2.45) is 0 Å². The van der Waals surface area contributed by atoms with Crippen LogP contribution in [0.1, 0.15) is 11.1 Å². The van der Waals surface area contributed by atoms with Gasteiger partial charge in [-0.3, -0.25) is 0 Å². The fourth-order valence-electron chi connectivity index (χ4n) is 1.75. The Bertz CT molecular complexity index is 681. The smallest absolute Gasteiger partial charge is 0.211 e. The summed E-state index contributed by atoms with van der Waals surface area (Å²) in [6.07, 6.45) is 0.547. The molecule has 1 N–H and O–H groups in total. The van der Waals surface area contributed by atoms with Crippen molar-refractivity contribution in [3.8, 4) is 0 Å². The van der Waals surface area contributed by atoms with Crippen molar-refractivity contribution < 1.29 is 8.42 Å². The van der Waals surface area contributed by atoms with E-state index >= 15 is 0 Å². The van der Waals surface area contributed by atoms with E-state index in [4.69, 9.17) is 11.6 Å². The summed E-state index contributed by atoms with van der Waals surface area (Å²) in [6.45, 7) is 2.23. The topological polar surface area (TPSA) is 46.2 Å². The van der Waals surface area contributed by atoms with Crippen molar-refractivity contribution in [3.63, 3.8) is 0 Å². The molecule has 0 heterocycles. The van der Waals surface area contributed by atoms with E-state index < -0.39 is 10.0 Å². The lowest BCUT2D eigenvalue weighted by atomic mass is 10.2. The van der Waals surface area contributed by atoms with Crippen LogP contribution >= 0.6 is 11.6 Å². The first-order valence-corrected chi connectivity index (χ1v) is 8.06. The zero-order valence-corrected chi connectivity index (χ0v) is 12.6. The Kier molecular flexibility index (Phi) is 4.81. The number of halogens is 1. The highest BCUT2D eigenvalue weighted by atomic mass is 35.5. The number of hydrogen-bond donors (Lipinski definition) is 1. The molecule has 0 unspecified atom stereocenters. The molecule has 0 saturated heterocycles. The Balaban J connectivity index is 1.98. The summed E-state index contributed by atoms with van der Waals surface area (Å²) in [5, 5.41) is 0.625. The van der Waals surface area contributed by atoms with E-state index in [2.05, 4.69) is 10.8 Å². The first kappa shape index (κ1) is 15.0. The zero-order valence-electron chi connectivity index (χ0n) is 11.1. The van der Waals surface area contributed by atoms with Gasteiger partial charge < -0.3 is 0 Å². The van der Waals surface area contributed by atoms with Crippen molar-refractivity contribution in [2.45, 2.75) is 18.2 Å². The lowest BCUT2D eigenvalue weighted by molar-refractivity contribution is 0.581. The van der Waals surface area contributed by atoms with Gasteiger partial charge in [0.2, 0.25) is 10.0 Å². The van der Waals surface area contributed by atoms with Gasteiger partial charge in [0.1, 0.15) is 0 Å². The normalized spacial score (nSPS) is 11.5. The highest BCUT2D eigenvalue weighted by molar-refractivity contribution is 7.89. The van der Waals surface area contributed by atoms with Gasteiger partial charge in [0, 0.05) is 11.6 Å². The molecule has 105 valence electrons. The SMILES string of the molecule is Cc1ccc(S(=O)(=O)NCCc2[c]ccc(Cl)c2)cc1. The average molecular weight is 309 g/mol. The van der Waals surface area contributed by atoms with Gasteiger partial charge in [-0.25, -0.2) is 13.1 Å². The summed E-state index contributed by atoms with van der Waals surface area (Å²) in [6, 6.07) is 15.0. The molecule has 1 radical (unpaired) electrons. The molecule has 2 aromatic rings. The van der Waals surface area contributed by atoms with Crippen LogP contribution in [0.4, 0.5) is 0 Å². The molecule has 5 heteroatoms. The summed E-state index contributed by atoms with van der Waals surface area (Å²) < 4.78 is 26.7. The molecule has 0 spiro atoms.